The molecule has 0 bridgehead atoms. The zero-order valence-electron chi connectivity index (χ0n) is 17.5. The van der Waals surface area contributed by atoms with Gasteiger partial charge in [0.05, 0.1) is 18.3 Å². The molecule has 0 radical (unpaired) electrons. The van der Waals surface area contributed by atoms with Gasteiger partial charge in [-0.1, -0.05) is 17.7 Å². The summed E-state index contributed by atoms with van der Waals surface area (Å²) in [6.07, 6.45) is 1.70. The van der Waals surface area contributed by atoms with Crippen LogP contribution in [0.2, 0.25) is 0 Å². The van der Waals surface area contributed by atoms with Crippen molar-refractivity contribution in [3.8, 4) is 17.6 Å². The van der Waals surface area contributed by atoms with Crippen molar-refractivity contribution < 1.29 is 9.47 Å². The molecule has 0 amide bonds. The standard InChI is InChI=1S/C24H25N3O3/c1-16-7-8-22-20(13-16)23(21(15-25)24(28)26(22)2)27-11-9-17(10-12-27)30-19-6-4-5-18(14-19)29-3/h4-8,13-14,17H,9-12H2,1-3H3. The molecule has 4 rings (SSSR count). The Morgan fingerprint density at radius 2 is 1.83 bits per heavy atom. The predicted molar refractivity (Wildman–Crippen MR) is 117 cm³/mol. The van der Waals surface area contributed by atoms with E-state index in [1.165, 1.54) is 0 Å². The maximum atomic E-state index is 12.8. The third-order valence-electron chi connectivity index (χ3n) is 5.74. The van der Waals surface area contributed by atoms with E-state index < -0.39 is 0 Å². The number of anilines is 1. The van der Waals surface area contributed by atoms with E-state index in [0.717, 1.165) is 59.6 Å². The van der Waals surface area contributed by atoms with Crippen LogP contribution in [0.5, 0.6) is 11.5 Å². The van der Waals surface area contributed by atoms with Crippen LogP contribution < -0.4 is 19.9 Å². The highest BCUT2D eigenvalue weighted by Gasteiger charge is 2.26. The van der Waals surface area contributed by atoms with Crippen LogP contribution in [-0.4, -0.2) is 30.9 Å². The molecule has 2 aromatic carbocycles. The number of pyridine rings is 1. The Hall–Kier alpha value is -3.46. The molecule has 0 atom stereocenters. The lowest BCUT2D eigenvalue weighted by Crippen LogP contribution is -2.40. The van der Waals surface area contributed by atoms with Crippen molar-refractivity contribution in [3.63, 3.8) is 0 Å². The number of aryl methyl sites for hydroxylation is 2. The van der Waals surface area contributed by atoms with Gasteiger partial charge >= 0.3 is 0 Å². The molecule has 0 N–H and O–H groups in total. The largest absolute Gasteiger partial charge is 0.497 e. The van der Waals surface area contributed by atoms with Gasteiger partial charge < -0.3 is 18.9 Å². The summed E-state index contributed by atoms with van der Waals surface area (Å²) in [5.74, 6) is 1.56. The number of rotatable bonds is 4. The number of ether oxygens (including phenoxy) is 2. The van der Waals surface area contributed by atoms with E-state index in [1.54, 1.807) is 18.7 Å². The van der Waals surface area contributed by atoms with Gasteiger partial charge in [0.1, 0.15) is 29.2 Å². The van der Waals surface area contributed by atoms with Crippen molar-refractivity contribution in [2.45, 2.75) is 25.9 Å². The summed E-state index contributed by atoms with van der Waals surface area (Å²) < 4.78 is 13.0. The summed E-state index contributed by atoms with van der Waals surface area (Å²) in [7, 11) is 3.36. The molecule has 154 valence electrons. The first-order chi connectivity index (χ1) is 14.5. The van der Waals surface area contributed by atoms with E-state index in [2.05, 4.69) is 17.0 Å². The zero-order valence-corrected chi connectivity index (χ0v) is 17.5. The number of benzene rings is 2. The SMILES string of the molecule is COc1cccc(OC2CCN(c3c(C#N)c(=O)n(C)c4ccc(C)cc34)CC2)c1. The van der Waals surface area contributed by atoms with Gasteiger partial charge in [-0.05, 0) is 31.2 Å². The highest BCUT2D eigenvalue weighted by atomic mass is 16.5. The van der Waals surface area contributed by atoms with Crippen molar-refractivity contribution in [2.75, 3.05) is 25.1 Å². The predicted octanol–water partition coefficient (Wildman–Crippen LogP) is 3.78. The molecule has 1 saturated heterocycles. The number of piperidine rings is 1. The number of nitriles is 1. The van der Waals surface area contributed by atoms with Crippen LogP contribution in [0, 0.1) is 18.3 Å². The zero-order chi connectivity index (χ0) is 21.3. The highest BCUT2D eigenvalue weighted by molar-refractivity contribution is 5.95. The fourth-order valence-corrected chi connectivity index (χ4v) is 4.14. The molecule has 3 aromatic rings. The number of hydrogen-bond acceptors (Lipinski definition) is 5. The first kappa shape index (κ1) is 19.8. The Morgan fingerprint density at radius 3 is 2.53 bits per heavy atom. The number of aromatic nitrogens is 1. The first-order valence-electron chi connectivity index (χ1n) is 10.1. The molecular weight excluding hydrogens is 378 g/mol. The van der Waals surface area contributed by atoms with Crippen LogP contribution in [0.15, 0.2) is 47.3 Å². The van der Waals surface area contributed by atoms with E-state index in [0.29, 0.717) is 0 Å². The third kappa shape index (κ3) is 3.59. The van der Waals surface area contributed by atoms with Crippen LogP contribution in [0.25, 0.3) is 10.9 Å². The quantitative estimate of drug-likeness (QED) is 0.663. The summed E-state index contributed by atoms with van der Waals surface area (Å²) in [5, 5.41) is 10.7. The molecule has 2 heterocycles. The van der Waals surface area contributed by atoms with Crippen molar-refractivity contribution in [3.05, 3.63) is 63.9 Å². The topological polar surface area (TPSA) is 67.5 Å². The van der Waals surface area contributed by atoms with E-state index in [1.807, 2.05) is 43.3 Å². The fourth-order valence-electron chi connectivity index (χ4n) is 4.14. The molecule has 1 aromatic heterocycles. The molecule has 0 unspecified atom stereocenters. The maximum Gasteiger partial charge on any atom is 0.270 e. The van der Waals surface area contributed by atoms with Crippen molar-refractivity contribution in [1.29, 1.82) is 5.26 Å². The lowest BCUT2D eigenvalue weighted by molar-refractivity contribution is 0.170. The van der Waals surface area contributed by atoms with E-state index in [9.17, 15) is 10.1 Å². The van der Waals surface area contributed by atoms with Crippen LogP contribution in [0.4, 0.5) is 5.69 Å². The van der Waals surface area contributed by atoms with Gasteiger partial charge in [-0.2, -0.15) is 5.26 Å². The molecule has 0 saturated carbocycles. The van der Waals surface area contributed by atoms with Crippen molar-refractivity contribution in [1.82, 2.24) is 4.57 Å². The van der Waals surface area contributed by atoms with Gasteiger partial charge in [-0.15, -0.1) is 0 Å². The molecular formula is C24H25N3O3. The Kier molecular flexibility index (Phi) is 5.37. The van der Waals surface area contributed by atoms with Gasteiger partial charge in [0.15, 0.2) is 0 Å². The second kappa shape index (κ2) is 8.11. The molecule has 0 spiro atoms. The minimum Gasteiger partial charge on any atom is -0.497 e. The third-order valence-corrected chi connectivity index (χ3v) is 5.74. The Bertz CT molecular complexity index is 1180. The monoisotopic (exact) mass is 403 g/mol. The molecule has 6 nitrogen and oxygen atoms in total. The average Bonchev–Trinajstić information content (AvgIpc) is 2.77. The molecule has 1 fully saturated rings. The molecule has 1 aliphatic rings. The van der Waals surface area contributed by atoms with Crippen LogP contribution in [0.3, 0.4) is 0 Å². The van der Waals surface area contributed by atoms with Gasteiger partial charge in [0.25, 0.3) is 5.56 Å². The van der Waals surface area contributed by atoms with Crippen molar-refractivity contribution in [2.24, 2.45) is 7.05 Å². The van der Waals surface area contributed by atoms with Gasteiger partial charge in [0.2, 0.25) is 0 Å². The van der Waals surface area contributed by atoms with E-state index in [-0.39, 0.29) is 17.2 Å². The second-order valence-corrected chi connectivity index (χ2v) is 7.70. The minimum atomic E-state index is -0.251. The van der Waals surface area contributed by atoms with Crippen LogP contribution in [0.1, 0.15) is 24.0 Å². The normalized spacial score (nSPS) is 14.5. The van der Waals surface area contributed by atoms with Crippen LogP contribution >= 0.6 is 0 Å². The first-order valence-corrected chi connectivity index (χ1v) is 10.1. The summed E-state index contributed by atoms with van der Waals surface area (Å²) >= 11 is 0. The molecule has 1 aliphatic heterocycles. The summed E-state index contributed by atoms with van der Waals surface area (Å²) in [6.45, 7) is 3.47. The number of hydrogen-bond donors (Lipinski definition) is 0. The Morgan fingerprint density at radius 1 is 1.10 bits per heavy atom. The fraction of sp³-hybridized carbons (Fsp3) is 0.333. The number of methoxy groups -OCH3 is 1. The van der Waals surface area contributed by atoms with Crippen molar-refractivity contribution >= 4 is 16.6 Å². The summed E-state index contributed by atoms with van der Waals surface area (Å²) in [6, 6.07) is 15.8. The number of fused-ring (bicyclic) bond motifs is 1. The lowest BCUT2D eigenvalue weighted by atomic mass is 10.0. The molecule has 30 heavy (non-hydrogen) atoms. The summed E-state index contributed by atoms with van der Waals surface area (Å²) in [4.78, 5) is 15.0. The molecule has 0 aliphatic carbocycles. The summed E-state index contributed by atoms with van der Waals surface area (Å²) in [5.41, 5.74) is 2.65. The Labute approximate surface area is 175 Å². The minimum absolute atomic E-state index is 0.0819. The molecule has 6 heteroatoms. The van der Waals surface area contributed by atoms with E-state index >= 15 is 0 Å². The van der Waals surface area contributed by atoms with Gasteiger partial charge in [0, 0.05) is 44.4 Å². The number of nitrogens with zero attached hydrogens (tertiary/aromatic N) is 3. The van der Waals surface area contributed by atoms with E-state index in [4.69, 9.17) is 9.47 Å². The maximum absolute atomic E-state index is 12.8. The van der Waals surface area contributed by atoms with Gasteiger partial charge in [-0.25, -0.2) is 0 Å². The second-order valence-electron chi connectivity index (χ2n) is 7.70. The average molecular weight is 403 g/mol. The smallest absolute Gasteiger partial charge is 0.270 e. The van der Waals surface area contributed by atoms with Gasteiger partial charge in [-0.3, -0.25) is 4.79 Å². The lowest BCUT2D eigenvalue weighted by Gasteiger charge is -2.35. The highest BCUT2D eigenvalue weighted by Crippen LogP contribution is 2.32. The van der Waals surface area contributed by atoms with Crippen LogP contribution in [-0.2, 0) is 7.05 Å². The Balaban J connectivity index is 1.62.